The molecule has 1 fully saturated rings. The highest BCUT2D eigenvalue weighted by Gasteiger charge is 2.27. The van der Waals surface area contributed by atoms with E-state index in [1.165, 1.54) is 0 Å². The van der Waals surface area contributed by atoms with Gasteiger partial charge in [-0.15, -0.1) is 0 Å². The molecule has 0 spiro atoms. The van der Waals surface area contributed by atoms with Gasteiger partial charge in [-0.1, -0.05) is 44.2 Å². The lowest BCUT2D eigenvalue weighted by Crippen LogP contribution is -2.56. The van der Waals surface area contributed by atoms with Gasteiger partial charge < -0.3 is 25.2 Å². The van der Waals surface area contributed by atoms with Crippen molar-refractivity contribution < 1.29 is 14.4 Å². The molecule has 0 aliphatic carbocycles. The fraction of sp³-hybridized carbons (Fsp3) is 0.591. The van der Waals surface area contributed by atoms with Gasteiger partial charge in [0.1, 0.15) is 12.3 Å². The third-order valence-corrected chi connectivity index (χ3v) is 5.19. The highest BCUT2D eigenvalue weighted by atomic mass is 16.2. The van der Waals surface area contributed by atoms with Gasteiger partial charge >= 0.3 is 6.03 Å². The molecule has 1 aliphatic heterocycles. The van der Waals surface area contributed by atoms with Crippen molar-refractivity contribution in [2.45, 2.75) is 45.2 Å². The molecule has 0 aromatic heterocycles. The number of piperazine rings is 1. The van der Waals surface area contributed by atoms with E-state index in [4.69, 9.17) is 0 Å². The molecular weight excluding hydrogens is 368 g/mol. The van der Waals surface area contributed by atoms with Crippen molar-refractivity contribution in [3.05, 3.63) is 35.9 Å². The number of nitrogens with zero attached hydrogens (tertiary/aromatic N) is 2. The van der Waals surface area contributed by atoms with E-state index in [0.717, 1.165) is 24.9 Å². The highest BCUT2D eigenvalue weighted by molar-refractivity contribution is 5.88. The molecule has 7 nitrogen and oxygen atoms in total. The van der Waals surface area contributed by atoms with E-state index in [2.05, 4.69) is 15.5 Å². The van der Waals surface area contributed by atoms with Crippen LogP contribution in [-0.4, -0.2) is 73.3 Å². The molecule has 29 heavy (non-hydrogen) atoms. The van der Waals surface area contributed by atoms with Crippen molar-refractivity contribution in [2.75, 3.05) is 33.2 Å². The standard InChI is InChI=1S/C22H34N4O3/c1-17(2)15-20(24-22(29)26-13-11-25(3)12-14-26)21(28)23-19(16-27)10-9-18-7-5-4-6-8-18/h4-8,16-17,19-20H,9-15H2,1-3H3,(H,23,28)(H,24,29). The summed E-state index contributed by atoms with van der Waals surface area (Å²) in [4.78, 5) is 40.8. The van der Waals surface area contributed by atoms with Gasteiger partial charge in [-0.25, -0.2) is 4.79 Å². The molecule has 3 amide bonds. The van der Waals surface area contributed by atoms with Crippen molar-refractivity contribution in [3.8, 4) is 0 Å². The molecule has 1 heterocycles. The lowest BCUT2D eigenvalue weighted by Gasteiger charge is -2.33. The zero-order chi connectivity index (χ0) is 21.2. The van der Waals surface area contributed by atoms with Crippen LogP contribution in [0.5, 0.6) is 0 Å². The molecule has 2 N–H and O–H groups in total. The van der Waals surface area contributed by atoms with Crippen molar-refractivity contribution >= 4 is 18.2 Å². The summed E-state index contributed by atoms with van der Waals surface area (Å²) >= 11 is 0. The smallest absolute Gasteiger partial charge is 0.318 e. The zero-order valence-corrected chi connectivity index (χ0v) is 17.8. The second-order valence-corrected chi connectivity index (χ2v) is 8.20. The number of likely N-dealkylation sites (N-methyl/N-ethyl adjacent to an activating group) is 1. The highest BCUT2D eigenvalue weighted by Crippen LogP contribution is 2.09. The molecule has 0 bridgehead atoms. The zero-order valence-electron chi connectivity index (χ0n) is 17.8. The van der Waals surface area contributed by atoms with E-state index in [1.54, 1.807) is 4.90 Å². The van der Waals surface area contributed by atoms with E-state index in [-0.39, 0.29) is 17.9 Å². The summed E-state index contributed by atoms with van der Waals surface area (Å²) in [6, 6.07) is 8.42. The molecule has 1 saturated heterocycles. The summed E-state index contributed by atoms with van der Waals surface area (Å²) in [6.07, 6.45) is 2.53. The van der Waals surface area contributed by atoms with Gasteiger partial charge in [-0.05, 0) is 37.8 Å². The van der Waals surface area contributed by atoms with Crippen LogP contribution >= 0.6 is 0 Å². The number of nitrogens with one attached hydrogen (secondary N) is 2. The molecule has 2 rings (SSSR count). The summed E-state index contributed by atoms with van der Waals surface area (Å²) in [7, 11) is 2.03. The molecule has 1 aromatic carbocycles. The minimum Gasteiger partial charge on any atom is -0.345 e. The Kier molecular flexibility index (Phi) is 9.12. The summed E-state index contributed by atoms with van der Waals surface area (Å²) in [5.41, 5.74) is 1.12. The van der Waals surface area contributed by atoms with Crippen LogP contribution in [-0.2, 0) is 16.0 Å². The Balaban J connectivity index is 1.92. The second-order valence-electron chi connectivity index (χ2n) is 8.20. The number of aldehydes is 1. The molecule has 1 aliphatic rings. The quantitative estimate of drug-likeness (QED) is 0.616. The first kappa shape index (κ1) is 22.9. The fourth-order valence-corrected chi connectivity index (χ4v) is 3.38. The first-order chi connectivity index (χ1) is 13.9. The van der Waals surface area contributed by atoms with Crippen molar-refractivity contribution in [3.63, 3.8) is 0 Å². The maximum absolute atomic E-state index is 12.8. The number of rotatable bonds is 9. The lowest BCUT2D eigenvalue weighted by molar-refractivity contribution is -0.126. The Labute approximate surface area is 173 Å². The predicted molar refractivity (Wildman–Crippen MR) is 114 cm³/mol. The molecule has 1 aromatic rings. The monoisotopic (exact) mass is 402 g/mol. The average Bonchev–Trinajstić information content (AvgIpc) is 2.71. The lowest BCUT2D eigenvalue weighted by atomic mass is 10.0. The first-order valence-corrected chi connectivity index (χ1v) is 10.4. The number of hydrogen-bond acceptors (Lipinski definition) is 4. The van der Waals surface area contributed by atoms with Gasteiger partial charge in [0, 0.05) is 26.2 Å². The largest absolute Gasteiger partial charge is 0.345 e. The van der Waals surface area contributed by atoms with Crippen LogP contribution in [0, 0.1) is 5.92 Å². The second kappa shape index (κ2) is 11.6. The summed E-state index contributed by atoms with van der Waals surface area (Å²) < 4.78 is 0. The van der Waals surface area contributed by atoms with Gasteiger partial charge in [0.05, 0.1) is 6.04 Å². The Bertz CT molecular complexity index is 657. The predicted octanol–water partition coefficient (Wildman–Crippen LogP) is 1.67. The average molecular weight is 403 g/mol. The molecule has 160 valence electrons. The SMILES string of the molecule is CC(C)CC(NC(=O)N1CCN(C)CC1)C(=O)NC(C=O)CCc1ccccc1. The van der Waals surface area contributed by atoms with Gasteiger partial charge in [0.2, 0.25) is 5.91 Å². The van der Waals surface area contributed by atoms with E-state index < -0.39 is 12.1 Å². The number of amides is 3. The van der Waals surface area contributed by atoms with Crippen LogP contribution < -0.4 is 10.6 Å². The maximum Gasteiger partial charge on any atom is 0.318 e. The molecule has 0 saturated carbocycles. The van der Waals surface area contributed by atoms with Gasteiger partial charge in [-0.2, -0.15) is 0 Å². The van der Waals surface area contributed by atoms with Crippen LogP contribution in [0.25, 0.3) is 0 Å². The molecule has 7 heteroatoms. The Morgan fingerprint density at radius 1 is 1.07 bits per heavy atom. The van der Waals surface area contributed by atoms with Gasteiger partial charge in [-0.3, -0.25) is 4.79 Å². The van der Waals surface area contributed by atoms with E-state index >= 15 is 0 Å². The number of aryl methyl sites for hydroxylation is 1. The summed E-state index contributed by atoms with van der Waals surface area (Å²) in [6.45, 7) is 6.95. The van der Waals surface area contributed by atoms with Crippen molar-refractivity contribution in [1.29, 1.82) is 0 Å². The third kappa shape index (κ3) is 7.85. The maximum atomic E-state index is 12.8. The van der Waals surface area contributed by atoms with E-state index in [9.17, 15) is 14.4 Å². The summed E-state index contributed by atoms with van der Waals surface area (Å²) in [5, 5.41) is 5.69. The Hall–Kier alpha value is -2.41. The molecule has 0 radical (unpaired) electrons. The van der Waals surface area contributed by atoms with Crippen LogP contribution in [0.2, 0.25) is 0 Å². The van der Waals surface area contributed by atoms with Crippen LogP contribution in [0.15, 0.2) is 30.3 Å². The molecule has 2 atom stereocenters. The minimum absolute atomic E-state index is 0.217. The van der Waals surface area contributed by atoms with Crippen molar-refractivity contribution in [1.82, 2.24) is 20.4 Å². The first-order valence-electron chi connectivity index (χ1n) is 10.4. The Morgan fingerprint density at radius 2 is 1.72 bits per heavy atom. The number of urea groups is 1. The van der Waals surface area contributed by atoms with Crippen molar-refractivity contribution in [2.24, 2.45) is 5.92 Å². The van der Waals surface area contributed by atoms with Crippen LogP contribution in [0.4, 0.5) is 4.79 Å². The van der Waals surface area contributed by atoms with Gasteiger partial charge in [0.25, 0.3) is 0 Å². The van der Waals surface area contributed by atoms with Crippen LogP contribution in [0.1, 0.15) is 32.3 Å². The van der Waals surface area contributed by atoms with E-state index in [0.29, 0.717) is 32.4 Å². The Morgan fingerprint density at radius 3 is 2.31 bits per heavy atom. The van der Waals surface area contributed by atoms with Crippen LogP contribution in [0.3, 0.4) is 0 Å². The minimum atomic E-state index is -0.652. The number of carbonyl (C=O) groups is 3. The number of hydrogen-bond donors (Lipinski definition) is 2. The topological polar surface area (TPSA) is 81.8 Å². The number of benzene rings is 1. The fourth-order valence-electron chi connectivity index (χ4n) is 3.38. The summed E-state index contributed by atoms with van der Waals surface area (Å²) in [5.74, 6) is -0.0659. The number of carbonyl (C=O) groups excluding carboxylic acids is 3. The molecule has 2 unspecified atom stereocenters. The molecular formula is C22H34N4O3. The van der Waals surface area contributed by atoms with Gasteiger partial charge in [0.15, 0.2) is 0 Å². The third-order valence-electron chi connectivity index (χ3n) is 5.19. The van der Waals surface area contributed by atoms with E-state index in [1.807, 2.05) is 51.2 Å². The normalized spacial score (nSPS) is 16.9.